The molecule has 0 radical (unpaired) electrons. The predicted molar refractivity (Wildman–Crippen MR) is 41.5 cm³/mol. The van der Waals surface area contributed by atoms with Crippen molar-refractivity contribution in [3.8, 4) is 0 Å². The monoisotopic (exact) mass is 142 g/mol. The normalized spacial score (nSPS) is 7.33. The van der Waals surface area contributed by atoms with Crippen molar-refractivity contribution in [1.29, 1.82) is 0 Å². The molecule has 1 aromatic rings. The molecular formula is C6H10N2S. The number of hydrogen-bond acceptors (Lipinski definition) is 3. The Morgan fingerprint density at radius 2 is 1.11 bits per heavy atom. The molecule has 1 aromatic heterocycles. The molecule has 0 bridgehead atoms. The lowest BCUT2D eigenvalue weighted by atomic mass is 10.8. The van der Waals surface area contributed by atoms with Crippen LogP contribution in [0.4, 0.5) is 0 Å². The molecule has 1 heterocycles. The fraction of sp³-hybridized carbons (Fsp3) is 0.333. The zero-order valence-corrected chi connectivity index (χ0v) is 6.43. The van der Waals surface area contributed by atoms with Crippen LogP contribution in [-0.4, -0.2) is 22.5 Å². The van der Waals surface area contributed by atoms with E-state index in [4.69, 9.17) is 0 Å². The first-order valence-electron chi connectivity index (χ1n) is 2.52. The van der Waals surface area contributed by atoms with Gasteiger partial charge in [0.1, 0.15) is 0 Å². The molecule has 0 spiro atoms. The van der Waals surface area contributed by atoms with Gasteiger partial charge in [-0.15, -0.1) is 0 Å². The molecule has 0 unspecified atom stereocenters. The van der Waals surface area contributed by atoms with Gasteiger partial charge < -0.3 is 0 Å². The van der Waals surface area contributed by atoms with Crippen molar-refractivity contribution in [3.63, 3.8) is 0 Å². The third-order valence-corrected chi connectivity index (χ3v) is 0.478. The SMILES string of the molecule is CSC.c1cnccn1. The van der Waals surface area contributed by atoms with Crippen LogP contribution in [0.2, 0.25) is 0 Å². The minimum Gasteiger partial charge on any atom is -0.262 e. The molecule has 50 valence electrons. The first kappa shape index (κ1) is 8.43. The van der Waals surface area contributed by atoms with E-state index in [-0.39, 0.29) is 0 Å². The lowest BCUT2D eigenvalue weighted by molar-refractivity contribution is 1.20. The number of nitrogens with zero attached hydrogens (tertiary/aromatic N) is 2. The molecule has 0 saturated carbocycles. The Labute approximate surface area is 59.7 Å². The molecule has 0 aliphatic rings. The fourth-order valence-corrected chi connectivity index (χ4v) is 0.253. The third kappa shape index (κ3) is 7.43. The van der Waals surface area contributed by atoms with Crippen molar-refractivity contribution in [2.75, 3.05) is 12.5 Å². The minimum atomic E-state index is 1.64. The van der Waals surface area contributed by atoms with Crippen LogP contribution in [0.25, 0.3) is 0 Å². The fourth-order valence-electron chi connectivity index (χ4n) is 0.253. The topological polar surface area (TPSA) is 25.8 Å². The third-order valence-electron chi connectivity index (χ3n) is 0.478. The van der Waals surface area contributed by atoms with Crippen LogP contribution in [0.3, 0.4) is 0 Å². The van der Waals surface area contributed by atoms with Crippen molar-refractivity contribution >= 4 is 11.8 Å². The van der Waals surface area contributed by atoms with Gasteiger partial charge in [0.25, 0.3) is 0 Å². The number of thioether (sulfide) groups is 1. The van der Waals surface area contributed by atoms with Gasteiger partial charge in [-0.3, -0.25) is 9.97 Å². The van der Waals surface area contributed by atoms with Gasteiger partial charge in [-0.2, -0.15) is 11.8 Å². The lowest BCUT2D eigenvalue weighted by Gasteiger charge is -1.70. The van der Waals surface area contributed by atoms with Crippen LogP contribution in [-0.2, 0) is 0 Å². The summed E-state index contributed by atoms with van der Waals surface area (Å²) in [5.41, 5.74) is 0. The van der Waals surface area contributed by atoms with Crippen molar-refractivity contribution in [3.05, 3.63) is 24.8 Å². The highest BCUT2D eigenvalue weighted by molar-refractivity contribution is 7.97. The Balaban J connectivity index is 0.000000187. The smallest absolute Gasteiger partial charge is 0.0451 e. The Morgan fingerprint density at radius 3 is 1.22 bits per heavy atom. The summed E-state index contributed by atoms with van der Waals surface area (Å²) in [4.78, 5) is 7.44. The summed E-state index contributed by atoms with van der Waals surface area (Å²) in [5.74, 6) is 0. The van der Waals surface area contributed by atoms with Crippen LogP contribution in [0, 0.1) is 0 Å². The Bertz CT molecular complexity index is 93.9. The Morgan fingerprint density at radius 1 is 0.889 bits per heavy atom. The number of aromatic nitrogens is 2. The highest BCUT2D eigenvalue weighted by Crippen LogP contribution is 1.70. The maximum atomic E-state index is 3.72. The van der Waals surface area contributed by atoms with Gasteiger partial charge in [-0.1, -0.05) is 0 Å². The second-order valence-corrected chi connectivity index (χ2v) is 2.12. The van der Waals surface area contributed by atoms with Gasteiger partial charge >= 0.3 is 0 Å². The second kappa shape index (κ2) is 7.43. The number of rotatable bonds is 0. The van der Waals surface area contributed by atoms with Crippen LogP contribution in [0.1, 0.15) is 0 Å². The van der Waals surface area contributed by atoms with Crippen LogP contribution >= 0.6 is 11.8 Å². The summed E-state index contributed by atoms with van der Waals surface area (Å²) in [6.45, 7) is 0. The average molecular weight is 142 g/mol. The maximum absolute atomic E-state index is 3.72. The van der Waals surface area contributed by atoms with E-state index in [1.54, 1.807) is 36.5 Å². The van der Waals surface area contributed by atoms with E-state index < -0.39 is 0 Å². The summed E-state index contributed by atoms with van der Waals surface area (Å²) in [7, 11) is 0. The predicted octanol–water partition coefficient (Wildman–Crippen LogP) is 1.46. The Hall–Kier alpha value is -0.570. The number of hydrogen-bond donors (Lipinski definition) is 0. The standard InChI is InChI=1S/C4H4N2.C2H6S/c1-2-6-4-3-5-1;1-3-2/h1-4H;1-2H3. The molecule has 3 heteroatoms. The summed E-state index contributed by atoms with van der Waals surface area (Å²) >= 11 is 1.75. The zero-order chi connectivity index (χ0) is 6.95. The molecule has 0 atom stereocenters. The van der Waals surface area contributed by atoms with E-state index in [1.165, 1.54) is 0 Å². The molecule has 0 fully saturated rings. The summed E-state index contributed by atoms with van der Waals surface area (Å²) in [6, 6.07) is 0. The quantitative estimate of drug-likeness (QED) is 0.548. The van der Waals surface area contributed by atoms with E-state index in [9.17, 15) is 0 Å². The highest BCUT2D eigenvalue weighted by atomic mass is 32.2. The average Bonchev–Trinajstić information content (AvgIpc) is 1.93. The lowest BCUT2D eigenvalue weighted by Crippen LogP contribution is -1.66. The molecular weight excluding hydrogens is 132 g/mol. The molecule has 0 saturated heterocycles. The van der Waals surface area contributed by atoms with E-state index in [2.05, 4.69) is 9.97 Å². The van der Waals surface area contributed by atoms with Crippen LogP contribution < -0.4 is 0 Å². The van der Waals surface area contributed by atoms with Crippen molar-refractivity contribution in [2.24, 2.45) is 0 Å². The molecule has 0 aliphatic carbocycles. The molecule has 0 aliphatic heterocycles. The summed E-state index contributed by atoms with van der Waals surface area (Å²) < 4.78 is 0. The van der Waals surface area contributed by atoms with Crippen molar-refractivity contribution < 1.29 is 0 Å². The van der Waals surface area contributed by atoms with Gasteiger partial charge in [-0.05, 0) is 12.5 Å². The Kier molecular flexibility index (Phi) is 6.96. The molecule has 2 nitrogen and oxygen atoms in total. The molecule has 0 N–H and O–H groups in total. The van der Waals surface area contributed by atoms with E-state index in [0.717, 1.165) is 0 Å². The second-order valence-electron chi connectivity index (χ2n) is 1.30. The van der Waals surface area contributed by atoms with Gasteiger partial charge in [0, 0.05) is 24.8 Å². The van der Waals surface area contributed by atoms with E-state index in [0.29, 0.717) is 0 Å². The van der Waals surface area contributed by atoms with E-state index >= 15 is 0 Å². The highest BCUT2D eigenvalue weighted by Gasteiger charge is 1.59. The van der Waals surface area contributed by atoms with Crippen molar-refractivity contribution in [2.45, 2.75) is 0 Å². The first-order chi connectivity index (χ1) is 4.41. The molecule has 9 heavy (non-hydrogen) atoms. The van der Waals surface area contributed by atoms with Gasteiger partial charge in [-0.25, -0.2) is 0 Å². The van der Waals surface area contributed by atoms with E-state index in [1.807, 2.05) is 12.5 Å². The molecule has 0 aromatic carbocycles. The maximum Gasteiger partial charge on any atom is 0.0451 e. The minimum absolute atomic E-state index is 1.64. The largest absolute Gasteiger partial charge is 0.262 e. The van der Waals surface area contributed by atoms with Gasteiger partial charge in [0.15, 0.2) is 0 Å². The zero-order valence-electron chi connectivity index (χ0n) is 5.61. The summed E-state index contributed by atoms with van der Waals surface area (Å²) in [6.07, 6.45) is 10.6. The van der Waals surface area contributed by atoms with Crippen LogP contribution in [0.15, 0.2) is 24.8 Å². The van der Waals surface area contributed by atoms with Gasteiger partial charge in [0.05, 0.1) is 0 Å². The molecule has 1 rings (SSSR count). The van der Waals surface area contributed by atoms with Gasteiger partial charge in [0.2, 0.25) is 0 Å². The summed E-state index contributed by atoms with van der Waals surface area (Å²) in [5, 5.41) is 0. The van der Waals surface area contributed by atoms with Crippen LogP contribution in [0.5, 0.6) is 0 Å². The molecule has 0 amide bonds. The first-order valence-corrected chi connectivity index (χ1v) is 4.15. The van der Waals surface area contributed by atoms with Crippen molar-refractivity contribution in [1.82, 2.24) is 9.97 Å².